The van der Waals surface area contributed by atoms with Gasteiger partial charge in [-0.1, -0.05) is 60.7 Å². The number of likely N-dealkylation sites (tertiary alicyclic amines) is 1. The van der Waals surface area contributed by atoms with E-state index < -0.39 is 5.97 Å². The fourth-order valence-corrected chi connectivity index (χ4v) is 3.93. The number of carbonyl (C=O) groups is 1. The van der Waals surface area contributed by atoms with Gasteiger partial charge < -0.3 is 9.84 Å². The monoisotopic (exact) mass is 402 g/mol. The van der Waals surface area contributed by atoms with Crippen LogP contribution in [0.4, 0.5) is 0 Å². The van der Waals surface area contributed by atoms with Crippen LogP contribution in [0.5, 0.6) is 0 Å². The Morgan fingerprint density at radius 1 is 1.00 bits per heavy atom. The molecule has 4 rings (SSSR count). The standard InChI is InChI=1S/C25H26N2O3/c28-25(29)21-11-14-26-22(17-21)18-27-15-12-23(13-16-27)30-24(19-7-3-1-4-8-19)20-9-5-2-6-10-20/h1-11,14,17,23-24H,12-13,15-16,18H2,(H,28,29). The molecule has 0 bridgehead atoms. The highest BCUT2D eigenvalue weighted by atomic mass is 16.5. The molecule has 30 heavy (non-hydrogen) atoms. The van der Waals surface area contributed by atoms with Crippen LogP contribution in [0.15, 0.2) is 79.0 Å². The maximum absolute atomic E-state index is 11.2. The lowest BCUT2D eigenvalue weighted by Crippen LogP contribution is -2.37. The summed E-state index contributed by atoms with van der Waals surface area (Å²) >= 11 is 0. The van der Waals surface area contributed by atoms with Gasteiger partial charge >= 0.3 is 5.97 Å². The SMILES string of the molecule is O=C(O)c1ccnc(CN2CCC(OC(c3ccccc3)c3ccccc3)CC2)c1. The Labute approximate surface area is 177 Å². The first-order chi connectivity index (χ1) is 14.7. The first-order valence-electron chi connectivity index (χ1n) is 10.3. The summed E-state index contributed by atoms with van der Waals surface area (Å²) in [6, 6.07) is 23.9. The topological polar surface area (TPSA) is 62.7 Å². The molecule has 0 atom stereocenters. The minimum Gasteiger partial charge on any atom is -0.478 e. The molecule has 1 aliphatic rings. The molecule has 1 saturated heterocycles. The van der Waals surface area contributed by atoms with Crippen molar-refractivity contribution in [3.05, 3.63) is 101 Å². The van der Waals surface area contributed by atoms with Crippen molar-refractivity contribution in [1.82, 2.24) is 9.88 Å². The Kier molecular flexibility index (Phi) is 6.52. The number of aromatic nitrogens is 1. The van der Waals surface area contributed by atoms with Crippen molar-refractivity contribution in [2.75, 3.05) is 13.1 Å². The van der Waals surface area contributed by atoms with Crippen molar-refractivity contribution < 1.29 is 14.6 Å². The molecule has 0 radical (unpaired) electrons. The van der Waals surface area contributed by atoms with Gasteiger partial charge in [-0.3, -0.25) is 9.88 Å². The van der Waals surface area contributed by atoms with E-state index in [2.05, 4.69) is 58.4 Å². The van der Waals surface area contributed by atoms with Gasteiger partial charge in [0.15, 0.2) is 0 Å². The lowest BCUT2D eigenvalue weighted by Gasteiger charge is -2.34. The molecular formula is C25H26N2O3. The van der Waals surface area contributed by atoms with Crippen molar-refractivity contribution in [2.24, 2.45) is 0 Å². The molecule has 1 N–H and O–H groups in total. The molecule has 0 aliphatic carbocycles. The van der Waals surface area contributed by atoms with E-state index in [0.29, 0.717) is 6.54 Å². The van der Waals surface area contributed by atoms with Gasteiger partial charge in [0, 0.05) is 25.8 Å². The molecule has 2 aromatic carbocycles. The Bertz CT molecular complexity index is 915. The highest BCUT2D eigenvalue weighted by molar-refractivity contribution is 5.87. The van der Waals surface area contributed by atoms with Gasteiger partial charge in [0.25, 0.3) is 0 Å². The number of nitrogens with zero attached hydrogens (tertiary/aromatic N) is 2. The molecule has 1 fully saturated rings. The number of carboxylic acid groups (broad SMARTS) is 1. The van der Waals surface area contributed by atoms with Crippen molar-refractivity contribution >= 4 is 5.97 Å². The number of ether oxygens (including phenoxy) is 1. The van der Waals surface area contributed by atoms with Crippen molar-refractivity contribution in [2.45, 2.75) is 31.6 Å². The van der Waals surface area contributed by atoms with E-state index in [1.165, 1.54) is 17.2 Å². The van der Waals surface area contributed by atoms with Gasteiger partial charge in [0.1, 0.15) is 6.10 Å². The molecule has 1 aromatic heterocycles. The number of hydrogen-bond donors (Lipinski definition) is 1. The van der Waals surface area contributed by atoms with Crippen LogP contribution in [0, 0.1) is 0 Å². The van der Waals surface area contributed by atoms with Crippen LogP contribution in [0.1, 0.15) is 46.1 Å². The second-order valence-corrected chi connectivity index (χ2v) is 7.65. The highest BCUT2D eigenvalue weighted by Gasteiger charge is 2.25. The molecule has 154 valence electrons. The molecule has 0 amide bonds. The second-order valence-electron chi connectivity index (χ2n) is 7.65. The zero-order valence-electron chi connectivity index (χ0n) is 16.9. The Hall–Kier alpha value is -3.02. The third-order valence-electron chi connectivity index (χ3n) is 5.52. The fraction of sp³-hybridized carbons (Fsp3) is 0.280. The first kappa shape index (κ1) is 20.3. The number of carboxylic acids is 1. The smallest absolute Gasteiger partial charge is 0.335 e. The predicted molar refractivity (Wildman–Crippen MR) is 115 cm³/mol. The molecule has 0 spiro atoms. The predicted octanol–water partition coefficient (Wildman–Crippen LogP) is 4.55. The average molecular weight is 402 g/mol. The number of piperidine rings is 1. The van der Waals surface area contributed by atoms with Crippen molar-refractivity contribution in [1.29, 1.82) is 0 Å². The van der Waals surface area contributed by atoms with E-state index in [9.17, 15) is 4.79 Å². The summed E-state index contributed by atoms with van der Waals surface area (Å²) in [5.74, 6) is -0.918. The minimum atomic E-state index is -0.918. The molecule has 5 heteroatoms. The largest absolute Gasteiger partial charge is 0.478 e. The summed E-state index contributed by atoms with van der Waals surface area (Å²) in [5.41, 5.74) is 3.41. The fourth-order valence-electron chi connectivity index (χ4n) is 3.93. The summed E-state index contributed by atoms with van der Waals surface area (Å²) in [6.45, 7) is 2.47. The third-order valence-corrected chi connectivity index (χ3v) is 5.52. The van der Waals surface area contributed by atoms with Crippen LogP contribution in [-0.2, 0) is 11.3 Å². The van der Waals surface area contributed by atoms with Crippen LogP contribution < -0.4 is 0 Å². The van der Waals surface area contributed by atoms with Crippen LogP contribution in [0.2, 0.25) is 0 Å². The third kappa shape index (κ3) is 5.12. The van der Waals surface area contributed by atoms with E-state index >= 15 is 0 Å². The Morgan fingerprint density at radius 3 is 2.17 bits per heavy atom. The molecular weight excluding hydrogens is 376 g/mol. The molecule has 0 unspecified atom stereocenters. The van der Waals surface area contributed by atoms with E-state index in [4.69, 9.17) is 9.84 Å². The normalized spacial score (nSPS) is 15.4. The maximum Gasteiger partial charge on any atom is 0.335 e. The van der Waals surface area contributed by atoms with Crippen LogP contribution in [0.3, 0.4) is 0 Å². The van der Waals surface area contributed by atoms with E-state index in [-0.39, 0.29) is 17.8 Å². The Morgan fingerprint density at radius 2 is 1.60 bits per heavy atom. The van der Waals surface area contributed by atoms with Gasteiger partial charge in [0.05, 0.1) is 17.4 Å². The van der Waals surface area contributed by atoms with Crippen LogP contribution in [-0.4, -0.2) is 40.2 Å². The summed E-state index contributed by atoms with van der Waals surface area (Å²) in [4.78, 5) is 17.8. The van der Waals surface area contributed by atoms with Gasteiger partial charge in [-0.2, -0.15) is 0 Å². The first-order valence-corrected chi connectivity index (χ1v) is 10.3. The number of hydrogen-bond acceptors (Lipinski definition) is 4. The summed E-state index contributed by atoms with van der Waals surface area (Å²) in [6.07, 6.45) is 3.56. The van der Waals surface area contributed by atoms with Gasteiger partial charge in [-0.25, -0.2) is 4.79 Å². The van der Waals surface area contributed by atoms with Gasteiger partial charge in [0.2, 0.25) is 0 Å². The Balaban J connectivity index is 1.38. The lowest BCUT2D eigenvalue weighted by atomic mass is 10.00. The molecule has 0 saturated carbocycles. The number of pyridine rings is 1. The summed E-state index contributed by atoms with van der Waals surface area (Å²) < 4.78 is 6.59. The van der Waals surface area contributed by atoms with Crippen LogP contribution >= 0.6 is 0 Å². The van der Waals surface area contributed by atoms with Gasteiger partial charge in [-0.15, -0.1) is 0 Å². The number of rotatable bonds is 7. The van der Waals surface area contributed by atoms with Gasteiger partial charge in [-0.05, 0) is 36.1 Å². The number of aromatic carboxylic acids is 1. The van der Waals surface area contributed by atoms with Crippen LogP contribution in [0.25, 0.3) is 0 Å². The quantitative estimate of drug-likeness (QED) is 0.628. The molecule has 1 aliphatic heterocycles. The minimum absolute atomic E-state index is 0.0714. The zero-order valence-corrected chi connectivity index (χ0v) is 16.9. The van der Waals surface area contributed by atoms with Crippen molar-refractivity contribution in [3.8, 4) is 0 Å². The maximum atomic E-state index is 11.2. The van der Waals surface area contributed by atoms with E-state index in [0.717, 1.165) is 31.6 Å². The number of benzene rings is 2. The summed E-state index contributed by atoms with van der Waals surface area (Å²) in [7, 11) is 0. The zero-order chi connectivity index (χ0) is 20.8. The van der Waals surface area contributed by atoms with E-state index in [1.807, 2.05) is 12.1 Å². The molecule has 3 aromatic rings. The van der Waals surface area contributed by atoms with E-state index in [1.54, 1.807) is 12.3 Å². The summed E-state index contributed by atoms with van der Waals surface area (Å²) in [5, 5.41) is 9.16. The molecule has 5 nitrogen and oxygen atoms in total. The van der Waals surface area contributed by atoms with Crippen molar-refractivity contribution in [3.63, 3.8) is 0 Å². The molecule has 2 heterocycles. The average Bonchev–Trinajstić information content (AvgIpc) is 2.80. The highest BCUT2D eigenvalue weighted by Crippen LogP contribution is 2.30. The second kappa shape index (κ2) is 9.65. The lowest BCUT2D eigenvalue weighted by molar-refractivity contribution is -0.0283.